The van der Waals surface area contributed by atoms with Crippen molar-refractivity contribution in [3.05, 3.63) is 5.82 Å². The lowest BCUT2D eigenvalue weighted by Gasteiger charge is -2.23. The summed E-state index contributed by atoms with van der Waals surface area (Å²) in [6.07, 6.45) is 4.76. The predicted octanol–water partition coefficient (Wildman–Crippen LogP) is 2.11. The summed E-state index contributed by atoms with van der Waals surface area (Å²) in [7, 11) is 0. The Bertz CT molecular complexity index is 372. The molecule has 2 aliphatic rings. The van der Waals surface area contributed by atoms with Gasteiger partial charge in [0.2, 0.25) is 5.13 Å². The van der Waals surface area contributed by atoms with E-state index >= 15 is 0 Å². The third-order valence-electron chi connectivity index (χ3n) is 3.49. The number of rotatable bonds is 5. The molecule has 1 aliphatic heterocycles. The second kappa shape index (κ2) is 4.90. The van der Waals surface area contributed by atoms with Crippen molar-refractivity contribution in [2.75, 3.05) is 24.7 Å². The van der Waals surface area contributed by atoms with Crippen molar-refractivity contribution >= 4 is 16.7 Å². The standard InChI is InChI=1S/C12H19N3OS/c1-2-11-13-12(17-14-11)15(10-3-4-10)7-9-5-6-16-8-9/h9-10H,2-8H2,1H3/t9-/m0/s1. The van der Waals surface area contributed by atoms with Gasteiger partial charge in [0.05, 0.1) is 6.61 Å². The monoisotopic (exact) mass is 253 g/mol. The molecule has 1 aromatic heterocycles. The van der Waals surface area contributed by atoms with Gasteiger partial charge in [-0.05, 0) is 19.3 Å². The number of hydrogen-bond donors (Lipinski definition) is 0. The van der Waals surface area contributed by atoms with Gasteiger partial charge in [-0.1, -0.05) is 6.92 Å². The van der Waals surface area contributed by atoms with E-state index in [2.05, 4.69) is 21.2 Å². The second-order valence-electron chi connectivity index (χ2n) is 4.96. The fourth-order valence-corrected chi connectivity index (χ4v) is 3.11. The molecule has 0 amide bonds. The summed E-state index contributed by atoms with van der Waals surface area (Å²) in [5.74, 6) is 1.67. The maximum Gasteiger partial charge on any atom is 0.205 e. The van der Waals surface area contributed by atoms with Crippen LogP contribution < -0.4 is 4.90 Å². The topological polar surface area (TPSA) is 38.2 Å². The summed E-state index contributed by atoms with van der Waals surface area (Å²) in [6, 6.07) is 0.716. The lowest BCUT2D eigenvalue weighted by atomic mass is 10.1. The molecule has 0 aromatic carbocycles. The first-order chi connectivity index (χ1) is 8.36. The SMILES string of the molecule is CCc1nsc(N(C[C@@H]2CCOC2)C2CC2)n1. The van der Waals surface area contributed by atoms with Crippen LogP contribution in [0.2, 0.25) is 0 Å². The van der Waals surface area contributed by atoms with Crippen LogP contribution in [0, 0.1) is 5.92 Å². The molecule has 17 heavy (non-hydrogen) atoms. The average Bonchev–Trinajstić information content (AvgIpc) is 2.88. The molecule has 0 bridgehead atoms. The van der Waals surface area contributed by atoms with Crippen molar-refractivity contribution in [1.82, 2.24) is 9.36 Å². The van der Waals surface area contributed by atoms with Crippen molar-refractivity contribution in [1.29, 1.82) is 0 Å². The van der Waals surface area contributed by atoms with E-state index in [-0.39, 0.29) is 0 Å². The minimum Gasteiger partial charge on any atom is -0.381 e. The first-order valence-corrected chi connectivity index (χ1v) is 7.31. The molecule has 94 valence electrons. The van der Waals surface area contributed by atoms with E-state index in [0.717, 1.165) is 37.1 Å². The van der Waals surface area contributed by atoms with Gasteiger partial charge < -0.3 is 9.64 Å². The summed E-state index contributed by atoms with van der Waals surface area (Å²) in [5.41, 5.74) is 0. The zero-order valence-electron chi connectivity index (χ0n) is 10.3. The summed E-state index contributed by atoms with van der Waals surface area (Å²) in [5, 5.41) is 1.12. The molecule has 0 N–H and O–H groups in total. The van der Waals surface area contributed by atoms with Crippen molar-refractivity contribution in [2.24, 2.45) is 5.92 Å². The number of nitrogens with zero attached hydrogens (tertiary/aromatic N) is 3. The second-order valence-corrected chi connectivity index (χ2v) is 5.69. The Morgan fingerprint density at radius 1 is 1.41 bits per heavy atom. The quantitative estimate of drug-likeness (QED) is 0.805. The average molecular weight is 253 g/mol. The van der Waals surface area contributed by atoms with Crippen molar-refractivity contribution < 1.29 is 4.74 Å². The highest BCUT2D eigenvalue weighted by Gasteiger charge is 2.33. The number of aromatic nitrogens is 2. The lowest BCUT2D eigenvalue weighted by Crippen LogP contribution is -2.31. The lowest BCUT2D eigenvalue weighted by molar-refractivity contribution is 0.186. The Kier molecular flexibility index (Phi) is 3.29. The summed E-state index contributed by atoms with van der Waals surface area (Å²) < 4.78 is 9.86. The normalized spacial score (nSPS) is 24.2. The third kappa shape index (κ3) is 2.60. The molecule has 3 rings (SSSR count). The highest BCUT2D eigenvalue weighted by atomic mass is 32.1. The Hall–Kier alpha value is -0.680. The van der Waals surface area contributed by atoms with Crippen LogP contribution in [0.1, 0.15) is 32.0 Å². The molecule has 1 atom stereocenters. The van der Waals surface area contributed by atoms with Gasteiger partial charge >= 0.3 is 0 Å². The van der Waals surface area contributed by atoms with E-state index in [9.17, 15) is 0 Å². The summed E-state index contributed by atoms with van der Waals surface area (Å²) >= 11 is 1.56. The van der Waals surface area contributed by atoms with Gasteiger partial charge in [0.25, 0.3) is 0 Å². The minimum atomic E-state index is 0.685. The van der Waals surface area contributed by atoms with Crippen molar-refractivity contribution in [3.63, 3.8) is 0 Å². The predicted molar refractivity (Wildman–Crippen MR) is 68.6 cm³/mol. The molecule has 4 nitrogen and oxygen atoms in total. The van der Waals surface area contributed by atoms with Crippen LogP contribution in [-0.2, 0) is 11.2 Å². The van der Waals surface area contributed by atoms with Gasteiger partial charge in [0.15, 0.2) is 0 Å². The van der Waals surface area contributed by atoms with Gasteiger partial charge in [-0.25, -0.2) is 4.98 Å². The highest BCUT2D eigenvalue weighted by molar-refractivity contribution is 7.09. The maximum absolute atomic E-state index is 5.46. The van der Waals surface area contributed by atoms with E-state index < -0.39 is 0 Å². The third-order valence-corrected chi connectivity index (χ3v) is 4.28. The van der Waals surface area contributed by atoms with Crippen molar-refractivity contribution in [2.45, 2.75) is 38.6 Å². The molecule has 5 heteroatoms. The molecule has 1 aliphatic carbocycles. The number of anilines is 1. The van der Waals surface area contributed by atoms with Crippen LogP contribution >= 0.6 is 11.5 Å². The fourth-order valence-electron chi connectivity index (χ4n) is 2.28. The van der Waals surface area contributed by atoms with Crippen LogP contribution in [0.15, 0.2) is 0 Å². The first kappa shape index (κ1) is 11.4. The molecular formula is C12H19N3OS. The molecule has 1 aromatic rings. The molecule has 1 saturated carbocycles. The van der Waals surface area contributed by atoms with Gasteiger partial charge in [-0.3, -0.25) is 0 Å². The van der Waals surface area contributed by atoms with Crippen LogP contribution in [0.5, 0.6) is 0 Å². The van der Waals surface area contributed by atoms with E-state index in [1.54, 1.807) is 11.5 Å². The van der Waals surface area contributed by atoms with Gasteiger partial charge in [-0.15, -0.1) is 0 Å². The van der Waals surface area contributed by atoms with E-state index in [1.165, 1.54) is 19.3 Å². The zero-order chi connectivity index (χ0) is 11.7. The zero-order valence-corrected chi connectivity index (χ0v) is 11.1. The molecule has 2 fully saturated rings. The first-order valence-electron chi connectivity index (χ1n) is 6.53. The highest BCUT2D eigenvalue weighted by Crippen LogP contribution is 2.34. The molecule has 0 spiro atoms. The summed E-state index contributed by atoms with van der Waals surface area (Å²) in [6.45, 7) is 5.06. The van der Waals surface area contributed by atoms with Gasteiger partial charge in [-0.2, -0.15) is 4.37 Å². The smallest absolute Gasteiger partial charge is 0.205 e. The molecule has 0 radical (unpaired) electrons. The van der Waals surface area contributed by atoms with Gasteiger partial charge in [0, 0.05) is 43.1 Å². The van der Waals surface area contributed by atoms with Crippen LogP contribution in [0.25, 0.3) is 0 Å². The summed E-state index contributed by atoms with van der Waals surface area (Å²) in [4.78, 5) is 7.09. The number of aryl methyl sites for hydroxylation is 1. The van der Waals surface area contributed by atoms with E-state index in [1.807, 2.05) is 0 Å². The van der Waals surface area contributed by atoms with E-state index in [0.29, 0.717) is 12.0 Å². The van der Waals surface area contributed by atoms with Crippen molar-refractivity contribution in [3.8, 4) is 0 Å². The van der Waals surface area contributed by atoms with Crippen LogP contribution in [0.4, 0.5) is 5.13 Å². The Balaban J connectivity index is 1.70. The number of ether oxygens (including phenoxy) is 1. The minimum absolute atomic E-state index is 0.685. The number of hydrogen-bond acceptors (Lipinski definition) is 5. The van der Waals surface area contributed by atoms with Crippen LogP contribution in [-0.4, -0.2) is 35.2 Å². The maximum atomic E-state index is 5.46. The Morgan fingerprint density at radius 2 is 2.29 bits per heavy atom. The molecule has 2 heterocycles. The van der Waals surface area contributed by atoms with Crippen LogP contribution in [0.3, 0.4) is 0 Å². The van der Waals surface area contributed by atoms with Gasteiger partial charge in [0.1, 0.15) is 5.82 Å². The Labute approximate surface area is 106 Å². The molecule has 0 unspecified atom stereocenters. The largest absolute Gasteiger partial charge is 0.381 e. The molecular weight excluding hydrogens is 234 g/mol. The Morgan fingerprint density at radius 3 is 2.88 bits per heavy atom. The molecule has 1 saturated heterocycles. The van der Waals surface area contributed by atoms with E-state index in [4.69, 9.17) is 4.74 Å². The fraction of sp³-hybridized carbons (Fsp3) is 0.833.